The SMILES string of the molecule is Nc1ccc(C#Cc2cnn3c(C4CC4)cc(-c4ccc(Cl)cc4)nc23)cn1. The highest BCUT2D eigenvalue weighted by Gasteiger charge is 2.28. The summed E-state index contributed by atoms with van der Waals surface area (Å²) < 4.78 is 1.92. The van der Waals surface area contributed by atoms with Crippen molar-refractivity contribution in [3.8, 4) is 23.1 Å². The Kier molecular flexibility index (Phi) is 4.00. The topological polar surface area (TPSA) is 69.1 Å². The molecule has 0 amide bonds. The summed E-state index contributed by atoms with van der Waals surface area (Å²) in [5.41, 5.74) is 11.1. The summed E-state index contributed by atoms with van der Waals surface area (Å²) in [6.07, 6.45) is 5.79. The first-order valence-electron chi connectivity index (χ1n) is 9.05. The zero-order chi connectivity index (χ0) is 19.1. The quantitative estimate of drug-likeness (QED) is 0.522. The largest absolute Gasteiger partial charge is 0.384 e. The van der Waals surface area contributed by atoms with Crippen LogP contribution in [0.15, 0.2) is 54.9 Å². The number of anilines is 1. The molecule has 28 heavy (non-hydrogen) atoms. The van der Waals surface area contributed by atoms with Crippen molar-refractivity contribution >= 4 is 23.1 Å². The highest BCUT2D eigenvalue weighted by molar-refractivity contribution is 6.30. The number of halogens is 1. The van der Waals surface area contributed by atoms with Crippen LogP contribution in [-0.4, -0.2) is 19.6 Å². The fourth-order valence-corrected chi connectivity index (χ4v) is 3.26. The molecule has 1 aliphatic rings. The maximum atomic E-state index is 6.04. The van der Waals surface area contributed by atoms with Crippen LogP contribution in [0.4, 0.5) is 5.82 Å². The van der Waals surface area contributed by atoms with Crippen LogP contribution in [0, 0.1) is 11.8 Å². The summed E-state index contributed by atoms with van der Waals surface area (Å²) in [6.45, 7) is 0. The Morgan fingerprint density at radius 3 is 2.57 bits per heavy atom. The van der Waals surface area contributed by atoms with Crippen molar-refractivity contribution in [1.82, 2.24) is 19.6 Å². The summed E-state index contributed by atoms with van der Waals surface area (Å²) >= 11 is 6.04. The van der Waals surface area contributed by atoms with Crippen LogP contribution < -0.4 is 5.73 Å². The van der Waals surface area contributed by atoms with E-state index in [-0.39, 0.29) is 0 Å². The van der Waals surface area contributed by atoms with E-state index in [1.807, 2.05) is 34.8 Å². The molecule has 5 rings (SSSR count). The Morgan fingerprint density at radius 2 is 1.86 bits per heavy atom. The highest BCUT2D eigenvalue weighted by Crippen LogP contribution is 2.41. The maximum absolute atomic E-state index is 6.04. The lowest BCUT2D eigenvalue weighted by Crippen LogP contribution is -2.01. The molecule has 5 nitrogen and oxygen atoms in total. The average molecular weight is 386 g/mol. The number of aromatic nitrogens is 4. The van der Waals surface area contributed by atoms with Crippen LogP contribution in [0.2, 0.25) is 5.02 Å². The van der Waals surface area contributed by atoms with Gasteiger partial charge >= 0.3 is 0 Å². The average Bonchev–Trinajstić information content (AvgIpc) is 3.48. The molecule has 1 saturated carbocycles. The molecule has 0 unspecified atom stereocenters. The molecule has 0 bridgehead atoms. The Hall–Kier alpha value is -3.36. The lowest BCUT2D eigenvalue weighted by atomic mass is 10.1. The van der Waals surface area contributed by atoms with E-state index in [4.69, 9.17) is 22.3 Å². The van der Waals surface area contributed by atoms with Gasteiger partial charge in [-0.3, -0.25) is 0 Å². The molecule has 0 spiro atoms. The maximum Gasteiger partial charge on any atom is 0.171 e. The molecule has 3 heterocycles. The third-order valence-electron chi connectivity index (χ3n) is 4.76. The highest BCUT2D eigenvalue weighted by atomic mass is 35.5. The van der Waals surface area contributed by atoms with Gasteiger partial charge in [-0.05, 0) is 43.2 Å². The smallest absolute Gasteiger partial charge is 0.171 e. The molecule has 1 aliphatic carbocycles. The molecule has 0 aliphatic heterocycles. The minimum Gasteiger partial charge on any atom is -0.384 e. The molecule has 1 aromatic carbocycles. The second-order valence-electron chi connectivity index (χ2n) is 6.86. The molecule has 0 saturated heterocycles. The molecule has 3 aromatic heterocycles. The van der Waals surface area contributed by atoms with Crippen LogP contribution >= 0.6 is 11.6 Å². The summed E-state index contributed by atoms with van der Waals surface area (Å²) in [4.78, 5) is 8.93. The van der Waals surface area contributed by atoms with Gasteiger partial charge in [-0.2, -0.15) is 5.10 Å². The number of nitrogen functional groups attached to an aromatic ring is 1. The monoisotopic (exact) mass is 385 g/mol. The minimum atomic E-state index is 0.477. The van der Waals surface area contributed by atoms with Crippen LogP contribution in [0.25, 0.3) is 16.9 Å². The van der Waals surface area contributed by atoms with E-state index >= 15 is 0 Å². The van der Waals surface area contributed by atoms with Crippen LogP contribution in [0.3, 0.4) is 0 Å². The predicted molar refractivity (Wildman–Crippen MR) is 110 cm³/mol. The van der Waals surface area contributed by atoms with Gasteiger partial charge in [0.05, 0.1) is 17.5 Å². The lowest BCUT2D eigenvalue weighted by Gasteiger charge is -2.08. The van der Waals surface area contributed by atoms with E-state index in [0.29, 0.717) is 16.8 Å². The number of nitrogens with two attached hydrogens (primary N) is 1. The summed E-state index contributed by atoms with van der Waals surface area (Å²) in [5, 5.41) is 5.26. The van der Waals surface area contributed by atoms with Gasteiger partial charge in [0.2, 0.25) is 0 Å². The minimum absolute atomic E-state index is 0.477. The fraction of sp³-hybridized carbons (Fsp3) is 0.136. The molecule has 0 radical (unpaired) electrons. The van der Waals surface area contributed by atoms with Crippen molar-refractivity contribution in [2.75, 3.05) is 5.73 Å². The van der Waals surface area contributed by atoms with Crippen molar-refractivity contribution in [2.24, 2.45) is 0 Å². The zero-order valence-electron chi connectivity index (χ0n) is 14.9. The van der Waals surface area contributed by atoms with Crippen LogP contribution in [-0.2, 0) is 0 Å². The Balaban J connectivity index is 1.63. The first kappa shape index (κ1) is 16.8. The van der Waals surface area contributed by atoms with Crippen LogP contribution in [0.5, 0.6) is 0 Å². The number of hydrogen-bond acceptors (Lipinski definition) is 4. The second-order valence-corrected chi connectivity index (χ2v) is 7.30. The third-order valence-corrected chi connectivity index (χ3v) is 5.01. The number of benzene rings is 1. The van der Waals surface area contributed by atoms with Crippen molar-refractivity contribution in [1.29, 1.82) is 0 Å². The number of nitrogens with zero attached hydrogens (tertiary/aromatic N) is 4. The Morgan fingerprint density at radius 1 is 1.04 bits per heavy atom. The molecule has 1 fully saturated rings. The van der Waals surface area contributed by atoms with Crippen molar-refractivity contribution < 1.29 is 0 Å². The lowest BCUT2D eigenvalue weighted by molar-refractivity contribution is 0.844. The van der Waals surface area contributed by atoms with Gasteiger partial charge in [0, 0.05) is 34.0 Å². The number of hydrogen-bond donors (Lipinski definition) is 1. The first-order valence-corrected chi connectivity index (χ1v) is 9.43. The van der Waals surface area contributed by atoms with Crippen molar-refractivity contribution in [2.45, 2.75) is 18.8 Å². The zero-order valence-corrected chi connectivity index (χ0v) is 15.7. The van der Waals surface area contributed by atoms with Crippen molar-refractivity contribution in [3.63, 3.8) is 0 Å². The van der Waals surface area contributed by atoms with E-state index in [9.17, 15) is 0 Å². The van der Waals surface area contributed by atoms with E-state index in [0.717, 1.165) is 28.0 Å². The summed E-state index contributed by atoms with van der Waals surface area (Å²) in [5.74, 6) is 7.30. The van der Waals surface area contributed by atoms with Gasteiger partial charge in [0.15, 0.2) is 5.65 Å². The Labute approximate surface area is 167 Å². The van der Waals surface area contributed by atoms with E-state index in [1.165, 1.54) is 18.5 Å². The molecular formula is C22H16ClN5. The molecular weight excluding hydrogens is 370 g/mol. The molecule has 0 atom stereocenters. The van der Waals surface area contributed by atoms with Gasteiger partial charge in [0.1, 0.15) is 5.82 Å². The van der Waals surface area contributed by atoms with E-state index in [2.05, 4.69) is 28.0 Å². The molecule has 136 valence electrons. The molecule has 6 heteroatoms. The van der Waals surface area contributed by atoms with Gasteiger partial charge < -0.3 is 5.73 Å². The summed E-state index contributed by atoms with van der Waals surface area (Å²) in [7, 11) is 0. The number of fused-ring (bicyclic) bond motifs is 1. The van der Waals surface area contributed by atoms with Gasteiger partial charge in [0.25, 0.3) is 0 Å². The van der Waals surface area contributed by atoms with E-state index < -0.39 is 0 Å². The third kappa shape index (κ3) is 3.19. The molecule has 4 aromatic rings. The molecule has 2 N–H and O–H groups in total. The predicted octanol–water partition coefficient (Wildman–Crippen LogP) is 4.30. The summed E-state index contributed by atoms with van der Waals surface area (Å²) in [6, 6.07) is 13.4. The number of rotatable bonds is 2. The first-order chi connectivity index (χ1) is 13.7. The number of pyridine rings is 1. The Bertz CT molecular complexity index is 1230. The van der Waals surface area contributed by atoms with Gasteiger partial charge in [-0.25, -0.2) is 14.5 Å². The van der Waals surface area contributed by atoms with Gasteiger partial charge in [-0.1, -0.05) is 35.6 Å². The second kappa shape index (κ2) is 6.66. The fourth-order valence-electron chi connectivity index (χ4n) is 3.13. The van der Waals surface area contributed by atoms with Gasteiger partial charge in [-0.15, -0.1) is 0 Å². The van der Waals surface area contributed by atoms with E-state index in [1.54, 1.807) is 18.5 Å². The van der Waals surface area contributed by atoms with Crippen molar-refractivity contribution in [3.05, 3.63) is 76.7 Å². The normalized spacial score (nSPS) is 13.3. The standard InChI is InChI=1S/C22H16ClN5/c23-18-8-6-15(7-9-18)19-11-20(16-4-5-16)28-22(27-19)17(13-26-28)3-1-14-2-10-21(24)25-12-14/h2,6-13,16H,4-5H2,(H2,24,25). The van der Waals surface area contributed by atoms with Crippen LogP contribution in [0.1, 0.15) is 35.6 Å².